The van der Waals surface area contributed by atoms with Crippen molar-refractivity contribution in [2.75, 3.05) is 19.6 Å². The molecular formula is C9H23N3O2S. The van der Waals surface area contributed by atoms with Crippen molar-refractivity contribution in [3.63, 3.8) is 0 Å². The molecular weight excluding hydrogens is 214 g/mol. The number of nitrogens with two attached hydrogens (primary N) is 1. The Balaban J connectivity index is 4.44. The predicted octanol–water partition coefficient (Wildman–Crippen LogP) is 0.290. The second-order valence-corrected chi connectivity index (χ2v) is 5.52. The van der Waals surface area contributed by atoms with Gasteiger partial charge in [0.1, 0.15) is 0 Å². The zero-order valence-electron chi connectivity index (χ0n) is 9.86. The first-order chi connectivity index (χ1) is 6.94. The van der Waals surface area contributed by atoms with Crippen molar-refractivity contribution in [1.29, 1.82) is 0 Å². The summed E-state index contributed by atoms with van der Waals surface area (Å²) in [6.07, 6.45) is 1.83. The highest BCUT2D eigenvalue weighted by Gasteiger charge is 2.20. The van der Waals surface area contributed by atoms with E-state index >= 15 is 0 Å². The number of rotatable bonds is 8. The Bertz CT molecular complexity index is 252. The standard InChI is InChI=1S/C9H23N3O2S/c1-4-5-7-12(8-6-10)15(13,14)11-9(2)3/h9,11H,4-8,10H2,1-3H3. The van der Waals surface area contributed by atoms with Crippen LogP contribution in [0.25, 0.3) is 0 Å². The van der Waals surface area contributed by atoms with Crippen LogP contribution in [0.2, 0.25) is 0 Å². The van der Waals surface area contributed by atoms with Gasteiger partial charge in [-0.1, -0.05) is 13.3 Å². The Morgan fingerprint density at radius 2 is 1.93 bits per heavy atom. The highest BCUT2D eigenvalue weighted by molar-refractivity contribution is 7.87. The van der Waals surface area contributed by atoms with Crippen LogP contribution in [0.5, 0.6) is 0 Å². The molecule has 3 N–H and O–H groups in total. The van der Waals surface area contributed by atoms with E-state index in [4.69, 9.17) is 5.73 Å². The SMILES string of the molecule is CCCCN(CCN)S(=O)(=O)NC(C)C. The minimum atomic E-state index is -3.35. The molecule has 0 aliphatic carbocycles. The van der Waals surface area contributed by atoms with E-state index in [9.17, 15) is 8.42 Å². The molecule has 0 aliphatic rings. The van der Waals surface area contributed by atoms with Crippen LogP contribution in [0.15, 0.2) is 0 Å². The highest BCUT2D eigenvalue weighted by Crippen LogP contribution is 2.01. The molecule has 0 aromatic heterocycles. The predicted molar refractivity (Wildman–Crippen MR) is 62.7 cm³/mol. The van der Waals surface area contributed by atoms with Gasteiger partial charge in [-0.3, -0.25) is 0 Å². The zero-order chi connectivity index (χ0) is 11.9. The third-order valence-electron chi connectivity index (χ3n) is 1.86. The van der Waals surface area contributed by atoms with Crippen molar-refractivity contribution in [3.8, 4) is 0 Å². The van der Waals surface area contributed by atoms with E-state index in [0.717, 1.165) is 12.8 Å². The van der Waals surface area contributed by atoms with Crippen molar-refractivity contribution in [1.82, 2.24) is 9.03 Å². The topological polar surface area (TPSA) is 75.4 Å². The second kappa shape index (κ2) is 7.16. The largest absolute Gasteiger partial charge is 0.329 e. The van der Waals surface area contributed by atoms with Crippen LogP contribution in [-0.2, 0) is 10.2 Å². The Labute approximate surface area is 93.2 Å². The summed E-state index contributed by atoms with van der Waals surface area (Å²) in [4.78, 5) is 0. The minimum absolute atomic E-state index is 0.0862. The van der Waals surface area contributed by atoms with Crippen LogP contribution in [-0.4, -0.2) is 38.4 Å². The molecule has 0 saturated carbocycles. The molecule has 0 heterocycles. The van der Waals surface area contributed by atoms with Gasteiger partial charge in [0.25, 0.3) is 10.2 Å². The summed E-state index contributed by atoms with van der Waals surface area (Å²) in [5.74, 6) is 0. The third-order valence-corrected chi connectivity index (χ3v) is 3.68. The van der Waals surface area contributed by atoms with Gasteiger partial charge in [0, 0.05) is 25.7 Å². The summed E-state index contributed by atoms with van der Waals surface area (Å²) in [6.45, 7) is 6.90. The number of unbranched alkanes of at least 4 members (excludes halogenated alkanes) is 1. The molecule has 0 bridgehead atoms. The van der Waals surface area contributed by atoms with E-state index in [1.807, 2.05) is 6.92 Å². The number of hydrogen-bond donors (Lipinski definition) is 2. The average molecular weight is 237 g/mol. The summed E-state index contributed by atoms with van der Waals surface area (Å²) in [7, 11) is -3.35. The Kier molecular flexibility index (Phi) is 7.08. The van der Waals surface area contributed by atoms with E-state index < -0.39 is 10.2 Å². The van der Waals surface area contributed by atoms with E-state index in [-0.39, 0.29) is 6.04 Å². The van der Waals surface area contributed by atoms with E-state index in [1.165, 1.54) is 4.31 Å². The van der Waals surface area contributed by atoms with Crippen molar-refractivity contribution < 1.29 is 8.42 Å². The lowest BCUT2D eigenvalue weighted by atomic mass is 10.3. The summed E-state index contributed by atoms with van der Waals surface area (Å²) in [5.41, 5.74) is 5.39. The lowest BCUT2D eigenvalue weighted by Crippen LogP contribution is -2.45. The first-order valence-corrected chi connectivity index (χ1v) is 6.85. The van der Waals surface area contributed by atoms with Crippen LogP contribution in [0.1, 0.15) is 33.6 Å². The monoisotopic (exact) mass is 237 g/mol. The van der Waals surface area contributed by atoms with Crippen LogP contribution in [0.4, 0.5) is 0 Å². The molecule has 92 valence electrons. The van der Waals surface area contributed by atoms with Gasteiger partial charge in [0.2, 0.25) is 0 Å². The quantitative estimate of drug-likeness (QED) is 0.637. The third kappa shape index (κ3) is 6.09. The lowest BCUT2D eigenvalue weighted by Gasteiger charge is -2.22. The van der Waals surface area contributed by atoms with E-state index in [2.05, 4.69) is 4.72 Å². The molecule has 6 heteroatoms. The van der Waals surface area contributed by atoms with Gasteiger partial charge in [0.05, 0.1) is 0 Å². The summed E-state index contributed by atoms with van der Waals surface area (Å²) in [6, 6.07) is -0.0862. The van der Waals surface area contributed by atoms with Crippen LogP contribution >= 0.6 is 0 Å². The molecule has 5 nitrogen and oxygen atoms in total. The molecule has 0 aromatic carbocycles. The zero-order valence-corrected chi connectivity index (χ0v) is 10.7. The maximum absolute atomic E-state index is 11.8. The van der Waals surface area contributed by atoms with Crippen LogP contribution in [0.3, 0.4) is 0 Å². The van der Waals surface area contributed by atoms with Crippen molar-refractivity contribution in [3.05, 3.63) is 0 Å². The molecule has 0 spiro atoms. The maximum Gasteiger partial charge on any atom is 0.279 e. The van der Waals surface area contributed by atoms with E-state index in [0.29, 0.717) is 19.6 Å². The first-order valence-electron chi connectivity index (χ1n) is 5.41. The number of nitrogens with one attached hydrogen (secondary N) is 1. The van der Waals surface area contributed by atoms with Gasteiger partial charge in [-0.05, 0) is 20.3 Å². The summed E-state index contributed by atoms with van der Waals surface area (Å²) < 4.78 is 27.6. The van der Waals surface area contributed by atoms with Crippen molar-refractivity contribution in [2.24, 2.45) is 5.73 Å². The van der Waals surface area contributed by atoms with Gasteiger partial charge in [-0.15, -0.1) is 0 Å². The van der Waals surface area contributed by atoms with Crippen molar-refractivity contribution >= 4 is 10.2 Å². The number of hydrogen-bond acceptors (Lipinski definition) is 3. The molecule has 15 heavy (non-hydrogen) atoms. The highest BCUT2D eigenvalue weighted by atomic mass is 32.2. The minimum Gasteiger partial charge on any atom is -0.329 e. The first kappa shape index (κ1) is 14.8. The number of nitrogens with zero attached hydrogens (tertiary/aromatic N) is 1. The van der Waals surface area contributed by atoms with Crippen molar-refractivity contribution in [2.45, 2.75) is 39.7 Å². The Morgan fingerprint density at radius 3 is 2.33 bits per heavy atom. The molecule has 0 rings (SSSR count). The smallest absolute Gasteiger partial charge is 0.279 e. The molecule has 0 aromatic rings. The van der Waals surface area contributed by atoms with Gasteiger partial charge in [-0.25, -0.2) is 0 Å². The summed E-state index contributed by atoms with van der Waals surface area (Å²) in [5, 5.41) is 0. The molecule has 0 fully saturated rings. The maximum atomic E-state index is 11.8. The van der Waals surface area contributed by atoms with Gasteiger partial charge in [-0.2, -0.15) is 17.4 Å². The fourth-order valence-corrected chi connectivity index (χ4v) is 2.66. The average Bonchev–Trinajstić information content (AvgIpc) is 2.09. The summed E-state index contributed by atoms with van der Waals surface area (Å²) >= 11 is 0. The van der Waals surface area contributed by atoms with Crippen LogP contribution < -0.4 is 10.5 Å². The van der Waals surface area contributed by atoms with Gasteiger partial charge >= 0.3 is 0 Å². The Hall–Kier alpha value is -0.170. The lowest BCUT2D eigenvalue weighted by molar-refractivity contribution is 0.399. The fourth-order valence-electron chi connectivity index (χ4n) is 1.20. The van der Waals surface area contributed by atoms with E-state index in [1.54, 1.807) is 13.8 Å². The molecule has 0 amide bonds. The molecule has 0 unspecified atom stereocenters. The van der Waals surface area contributed by atoms with Gasteiger partial charge < -0.3 is 5.73 Å². The molecule has 0 atom stereocenters. The second-order valence-electron chi connectivity index (χ2n) is 3.82. The normalized spacial score (nSPS) is 12.7. The molecule has 0 aliphatic heterocycles. The fraction of sp³-hybridized carbons (Fsp3) is 1.00. The molecule has 0 radical (unpaired) electrons. The van der Waals surface area contributed by atoms with Crippen LogP contribution in [0, 0.1) is 0 Å². The molecule has 0 saturated heterocycles. The van der Waals surface area contributed by atoms with Gasteiger partial charge in [0.15, 0.2) is 0 Å². The Morgan fingerprint density at radius 1 is 1.33 bits per heavy atom.